The number of nitrogens with zero attached hydrogens (tertiary/aromatic N) is 2. The van der Waals surface area contributed by atoms with Crippen molar-refractivity contribution in [2.45, 2.75) is 20.4 Å². The van der Waals surface area contributed by atoms with Gasteiger partial charge in [-0.2, -0.15) is 5.10 Å². The lowest BCUT2D eigenvalue weighted by Crippen LogP contribution is -2.20. The summed E-state index contributed by atoms with van der Waals surface area (Å²) < 4.78 is 28.7. The van der Waals surface area contributed by atoms with Gasteiger partial charge in [-0.3, -0.25) is 14.3 Å². The van der Waals surface area contributed by atoms with Gasteiger partial charge in [-0.15, -0.1) is 0 Å². The van der Waals surface area contributed by atoms with E-state index in [1.165, 1.54) is 41.2 Å². The fraction of sp³-hybridized carbons (Fsp3) is 0.150. The molecule has 1 heterocycles. The third kappa shape index (κ3) is 4.59. The molecule has 144 valence electrons. The monoisotopic (exact) mass is 384 g/mol. The molecule has 0 saturated heterocycles. The van der Waals surface area contributed by atoms with Gasteiger partial charge in [0, 0.05) is 6.20 Å². The summed E-state index contributed by atoms with van der Waals surface area (Å²) >= 11 is 0. The number of hydrogen-bond acceptors (Lipinski definition) is 3. The number of rotatable bonds is 5. The minimum atomic E-state index is -0.603. The van der Waals surface area contributed by atoms with Crippen molar-refractivity contribution < 1.29 is 18.4 Å². The molecule has 0 unspecified atom stereocenters. The van der Waals surface area contributed by atoms with E-state index in [9.17, 15) is 18.4 Å². The number of carbonyl (C=O) groups excluding carboxylic acids is 2. The standard InChI is InChI=1S/C20H18F2N4O2/c1-12-3-5-14(21)17(9-12)23-19(27)11-26-8-7-16(25-26)20(28)24-18-10-13(2)4-6-15(18)22/h3-10H,11H2,1-2H3,(H,23,27)(H,24,28). The number of nitrogens with one attached hydrogen (secondary N) is 2. The zero-order valence-electron chi connectivity index (χ0n) is 15.3. The molecule has 0 atom stereocenters. The first-order valence-electron chi connectivity index (χ1n) is 8.49. The van der Waals surface area contributed by atoms with Crippen LogP contribution in [0.15, 0.2) is 48.7 Å². The van der Waals surface area contributed by atoms with E-state index in [0.29, 0.717) is 0 Å². The molecule has 3 aromatic rings. The van der Waals surface area contributed by atoms with Gasteiger partial charge in [0.1, 0.15) is 18.2 Å². The predicted octanol–water partition coefficient (Wildman–Crippen LogP) is 3.67. The SMILES string of the molecule is Cc1ccc(F)c(NC(=O)Cn2ccc(C(=O)Nc3cc(C)ccc3F)n2)c1. The van der Waals surface area contributed by atoms with Gasteiger partial charge in [0.15, 0.2) is 5.69 Å². The molecule has 2 amide bonds. The van der Waals surface area contributed by atoms with Crippen LogP contribution in [0.25, 0.3) is 0 Å². The second kappa shape index (κ2) is 7.99. The van der Waals surface area contributed by atoms with Gasteiger partial charge in [-0.05, 0) is 55.3 Å². The second-order valence-corrected chi connectivity index (χ2v) is 6.37. The summed E-state index contributed by atoms with van der Waals surface area (Å²) in [4.78, 5) is 24.4. The van der Waals surface area contributed by atoms with Crippen LogP contribution in [-0.2, 0) is 11.3 Å². The van der Waals surface area contributed by atoms with E-state index in [-0.39, 0.29) is 23.6 Å². The first kappa shape index (κ1) is 19.2. The summed E-state index contributed by atoms with van der Waals surface area (Å²) in [7, 11) is 0. The number of benzene rings is 2. The highest BCUT2D eigenvalue weighted by atomic mass is 19.1. The molecule has 1 aromatic heterocycles. The summed E-state index contributed by atoms with van der Waals surface area (Å²) in [6.45, 7) is 3.35. The average Bonchev–Trinajstić information content (AvgIpc) is 3.10. The molecule has 3 rings (SSSR count). The maximum absolute atomic E-state index is 13.8. The summed E-state index contributed by atoms with van der Waals surface area (Å²) in [5, 5.41) is 8.92. The van der Waals surface area contributed by atoms with Gasteiger partial charge < -0.3 is 10.6 Å². The Balaban J connectivity index is 1.64. The molecule has 0 bridgehead atoms. The van der Waals surface area contributed by atoms with Crippen molar-refractivity contribution >= 4 is 23.2 Å². The van der Waals surface area contributed by atoms with Crippen LogP contribution in [0, 0.1) is 25.5 Å². The third-order valence-corrected chi connectivity index (χ3v) is 3.94. The number of aromatic nitrogens is 2. The molecule has 6 nitrogen and oxygen atoms in total. The van der Waals surface area contributed by atoms with Crippen LogP contribution < -0.4 is 10.6 Å². The van der Waals surface area contributed by atoms with Crippen LogP contribution in [0.1, 0.15) is 21.6 Å². The van der Waals surface area contributed by atoms with Crippen molar-refractivity contribution in [1.82, 2.24) is 9.78 Å². The van der Waals surface area contributed by atoms with Crippen LogP contribution >= 0.6 is 0 Å². The molecule has 2 aromatic carbocycles. The molecule has 0 aliphatic rings. The van der Waals surface area contributed by atoms with E-state index in [2.05, 4.69) is 15.7 Å². The molecule has 0 radical (unpaired) electrons. The number of anilines is 2. The van der Waals surface area contributed by atoms with Crippen molar-refractivity contribution in [2.24, 2.45) is 0 Å². The maximum atomic E-state index is 13.8. The highest BCUT2D eigenvalue weighted by molar-refractivity contribution is 6.03. The smallest absolute Gasteiger partial charge is 0.276 e. The van der Waals surface area contributed by atoms with Crippen LogP contribution in [0.3, 0.4) is 0 Å². The van der Waals surface area contributed by atoms with Gasteiger partial charge in [-0.1, -0.05) is 12.1 Å². The first-order chi connectivity index (χ1) is 13.3. The second-order valence-electron chi connectivity index (χ2n) is 6.37. The largest absolute Gasteiger partial charge is 0.322 e. The summed E-state index contributed by atoms with van der Waals surface area (Å²) in [5.74, 6) is -2.20. The van der Waals surface area contributed by atoms with E-state index in [1.54, 1.807) is 26.0 Å². The fourth-order valence-electron chi connectivity index (χ4n) is 2.56. The van der Waals surface area contributed by atoms with Gasteiger partial charge in [0.05, 0.1) is 11.4 Å². The molecule has 8 heteroatoms. The Morgan fingerprint density at radius 2 is 1.50 bits per heavy atom. The third-order valence-electron chi connectivity index (χ3n) is 3.94. The molecule has 0 spiro atoms. The molecule has 0 fully saturated rings. The maximum Gasteiger partial charge on any atom is 0.276 e. The predicted molar refractivity (Wildman–Crippen MR) is 101 cm³/mol. The van der Waals surface area contributed by atoms with E-state index in [0.717, 1.165) is 11.1 Å². The quantitative estimate of drug-likeness (QED) is 0.705. The topological polar surface area (TPSA) is 76.0 Å². The van der Waals surface area contributed by atoms with Crippen LogP contribution in [0.2, 0.25) is 0 Å². The number of carbonyl (C=O) groups is 2. The minimum absolute atomic E-state index is 0.0236. The lowest BCUT2D eigenvalue weighted by Gasteiger charge is -2.08. The van der Waals surface area contributed by atoms with Crippen molar-refractivity contribution in [3.8, 4) is 0 Å². The van der Waals surface area contributed by atoms with Crippen LogP contribution in [0.5, 0.6) is 0 Å². The zero-order chi connectivity index (χ0) is 20.3. The highest BCUT2D eigenvalue weighted by Crippen LogP contribution is 2.17. The van der Waals surface area contributed by atoms with Crippen molar-refractivity contribution in [1.29, 1.82) is 0 Å². The molecule has 0 aliphatic heterocycles. The van der Waals surface area contributed by atoms with Crippen molar-refractivity contribution in [2.75, 3.05) is 10.6 Å². The average molecular weight is 384 g/mol. The van der Waals surface area contributed by atoms with Crippen molar-refractivity contribution in [3.05, 3.63) is 77.1 Å². The number of halogens is 2. The Morgan fingerprint density at radius 3 is 2.11 bits per heavy atom. The molecule has 2 N–H and O–H groups in total. The van der Waals surface area contributed by atoms with Gasteiger partial charge in [0.25, 0.3) is 5.91 Å². The Hall–Kier alpha value is -3.55. The van der Waals surface area contributed by atoms with Crippen LogP contribution in [0.4, 0.5) is 20.2 Å². The lowest BCUT2D eigenvalue weighted by atomic mass is 10.2. The Kier molecular flexibility index (Phi) is 5.49. The molecule has 0 aliphatic carbocycles. The van der Waals surface area contributed by atoms with E-state index in [4.69, 9.17) is 0 Å². The van der Waals surface area contributed by atoms with Gasteiger partial charge in [0.2, 0.25) is 5.91 Å². The highest BCUT2D eigenvalue weighted by Gasteiger charge is 2.14. The van der Waals surface area contributed by atoms with Crippen LogP contribution in [-0.4, -0.2) is 21.6 Å². The minimum Gasteiger partial charge on any atom is -0.322 e. The molecular formula is C20H18F2N4O2. The van der Waals surface area contributed by atoms with Gasteiger partial charge >= 0.3 is 0 Å². The lowest BCUT2D eigenvalue weighted by molar-refractivity contribution is -0.116. The Labute approximate surface area is 160 Å². The van der Waals surface area contributed by atoms with E-state index in [1.807, 2.05) is 0 Å². The number of hydrogen-bond donors (Lipinski definition) is 2. The fourth-order valence-corrected chi connectivity index (χ4v) is 2.56. The molecular weight excluding hydrogens is 366 g/mol. The summed E-state index contributed by atoms with van der Waals surface area (Å²) in [6, 6.07) is 10.2. The first-order valence-corrected chi connectivity index (χ1v) is 8.49. The number of aryl methyl sites for hydroxylation is 2. The number of amides is 2. The molecule has 28 heavy (non-hydrogen) atoms. The summed E-state index contributed by atoms with van der Waals surface area (Å²) in [6.07, 6.45) is 1.44. The van der Waals surface area contributed by atoms with Crippen molar-refractivity contribution in [3.63, 3.8) is 0 Å². The normalized spacial score (nSPS) is 10.6. The van der Waals surface area contributed by atoms with E-state index < -0.39 is 23.4 Å². The Bertz CT molecular complexity index is 1050. The molecule has 0 saturated carbocycles. The van der Waals surface area contributed by atoms with E-state index >= 15 is 0 Å². The zero-order valence-corrected chi connectivity index (χ0v) is 15.3. The van der Waals surface area contributed by atoms with Gasteiger partial charge in [-0.25, -0.2) is 8.78 Å². The Morgan fingerprint density at radius 1 is 0.929 bits per heavy atom. The summed E-state index contributed by atoms with van der Waals surface area (Å²) in [5.41, 5.74) is 1.74.